The molecular weight excluding hydrogens is 288 g/mol. The number of halogens is 1. The molecule has 1 N–H and O–H groups in total. The van der Waals surface area contributed by atoms with Crippen molar-refractivity contribution in [2.24, 2.45) is 0 Å². The van der Waals surface area contributed by atoms with Crippen LogP contribution in [0.25, 0.3) is 12.2 Å². The molecule has 4 nitrogen and oxygen atoms in total. The van der Waals surface area contributed by atoms with Gasteiger partial charge in [-0.1, -0.05) is 54.1 Å². The van der Waals surface area contributed by atoms with E-state index in [2.05, 4.69) is 10.2 Å². The molecule has 2 aromatic rings. The Morgan fingerprint density at radius 3 is 2.33 bits per heavy atom. The van der Waals surface area contributed by atoms with E-state index in [1.165, 1.54) is 6.07 Å². The molecule has 1 aromatic heterocycles. The van der Waals surface area contributed by atoms with Gasteiger partial charge < -0.3 is 4.74 Å². The van der Waals surface area contributed by atoms with Gasteiger partial charge in [-0.2, -0.15) is 0 Å². The number of hydrogen-bond donors (Lipinski definition) is 1. The molecule has 0 spiro atoms. The number of hydrogen-bond acceptors (Lipinski definition) is 3. The maximum atomic E-state index is 11.9. The van der Waals surface area contributed by atoms with Crippen molar-refractivity contribution in [3.63, 3.8) is 0 Å². The predicted octanol–water partition coefficient (Wildman–Crippen LogP) is 4.28. The van der Waals surface area contributed by atoms with E-state index in [1.807, 2.05) is 56.4 Å². The molecule has 5 heteroatoms. The van der Waals surface area contributed by atoms with E-state index < -0.39 is 0 Å². The fourth-order valence-electron chi connectivity index (χ4n) is 1.85. The first-order valence-corrected chi connectivity index (χ1v) is 6.85. The largest absolute Gasteiger partial charge is 0.434 e. The molecule has 1 heterocycles. The highest BCUT2D eigenvalue weighted by molar-refractivity contribution is 6.29. The zero-order valence-corrected chi connectivity index (χ0v) is 12.5. The lowest BCUT2D eigenvalue weighted by Crippen LogP contribution is -2.08. The maximum Gasteiger partial charge on any atom is 0.285 e. The van der Waals surface area contributed by atoms with Gasteiger partial charge in [0.25, 0.3) is 5.88 Å². The zero-order chi connectivity index (χ0) is 15.2. The summed E-state index contributed by atoms with van der Waals surface area (Å²) in [7, 11) is 0. The number of nitrogens with one attached hydrogen (secondary N) is 1. The number of rotatable bonds is 4. The molecule has 21 heavy (non-hydrogen) atoms. The third kappa shape index (κ3) is 3.61. The van der Waals surface area contributed by atoms with E-state index in [0.29, 0.717) is 5.75 Å². The van der Waals surface area contributed by atoms with Gasteiger partial charge >= 0.3 is 0 Å². The van der Waals surface area contributed by atoms with Crippen LogP contribution in [-0.4, -0.2) is 10.2 Å². The first-order chi connectivity index (χ1) is 10.2. The van der Waals surface area contributed by atoms with Crippen LogP contribution in [0.2, 0.25) is 5.15 Å². The van der Waals surface area contributed by atoms with Crippen molar-refractivity contribution >= 4 is 23.8 Å². The number of H-pyrrole nitrogens is 1. The van der Waals surface area contributed by atoms with E-state index in [4.69, 9.17) is 16.3 Å². The Kier molecular flexibility index (Phi) is 4.95. The van der Waals surface area contributed by atoms with Crippen LogP contribution >= 0.6 is 11.6 Å². The minimum Gasteiger partial charge on any atom is -0.434 e. The highest BCUT2D eigenvalue weighted by atomic mass is 35.5. The third-order valence-corrected chi connectivity index (χ3v) is 2.89. The number of ether oxygens (including phenoxy) is 1. The number of para-hydroxylation sites is 1. The fourth-order valence-corrected chi connectivity index (χ4v) is 1.99. The van der Waals surface area contributed by atoms with Gasteiger partial charge in [-0.3, -0.25) is 9.89 Å². The second kappa shape index (κ2) is 6.90. The number of allylic oxidation sites excluding steroid dienone is 2. The van der Waals surface area contributed by atoms with Crippen molar-refractivity contribution in [3.8, 4) is 11.6 Å². The van der Waals surface area contributed by atoms with E-state index in [9.17, 15) is 4.79 Å². The Hall–Kier alpha value is -2.33. The number of aromatic amines is 1. The number of aromatic nitrogens is 2. The monoisotopic (exact) mass is 302 g/mol. The Labute approximate surface area is 127 Å². The minimum atomic E-state index is -0.375. The van der Waals surface area contributed by atoms with Crippen LogP contribution in [0.4, 0.5) is 0 Å². The summed E-state index contributed by atoms with van der Waals surface area (Å²) in [6.07, 6.45) is 7.63. The molecule has 1 aromatic carbocycles. The summed E-state index contributed by atoms with van der Waals surface area (Å²) in [4.78, 5) is 11.9. The smallest absolute Gasteiger partial charge is 0.285 e. The molecule has 2 rings (SSSR count). The SMILES string of the molecule is CC=Cc1cccc(C=CC)c1Oc1n[nH]c(Cl)cc1=O. The lowest BCUT2D eigenvalue weighted by Gasteiger charge is -2.10. The predicted molar refractivity (Wildman–Crippen MR) is 85.8 cm³/mol. The van der Waals surface area contributed by atoms with Gasteiger partial charge in [-0.05, 0) is 13.8 Å². The number of nitrogens with zero attached hydrogens (tertiary/aromatic N) is 1. The van der Waals surface area contributed by atoms with Crippen LogP contribution in [-0.2, 0) is 0 Å². The van der Waals surface area contributed by atoms with E-state index in [1.54, 1.807) is 0 Å². The second-order valence-corrected chi connectivity index (χ2v) is 4.66. The summed E-state index contributed by atoms with van der Waals surface area (Å²) in [5.41, 5.74) is 1.36. The molecule has 0 aliphatic heterocycles. The maximum absolute atomic E-state index is 11.9. The molecule has 108 valence electrons. The standard InChI is InChI=1S/C16H15ClN2O2/c1-3-6-11-8-5-9-12(7-4-2)15(11)21-16-13(20)10-14(17)18-19-16/h3-10H,1-2H3,(H,18,20). The third-order valence-electron chi connectivity index (χ3n) is 2.70. The van der Waals surface area contributed by atoms with Crippen LogP contribution < -0.4 is 10.2 Å². The Morgan fingerprint density at radius 1 is 1.19 bits per heavy atom. The molecule has 0 aliphatic carbocycles. The molecule has 0 bridgehead atoms. The first-order valence-electron chi connectivity index (χ1n) is 6.47. The van der Waals surface area contributed by atoms with E-state index >= 15 is 0 Å². The Bertz CT molecular complexity index is 718. The highest BCUT2D eigenvalue weighted by Crippen LogP contribution is 2.29. The molecule has 0 fully saturated rings. The van der Waals surface area contributed by atoms with Crippen molar-refractivity contribution < 1.29 is 4.74 Å². The van der Waals surface area contributed by atoms with E-state index in [0.717, 1.165) is 11.1 Å². The second-order valence-electron chi connectivity index (χ2n) is 4.25. The van der Waals surface area contributed by atoms with Crippen LogP contribution in [0.1, 0.15) is 25.0 Å². The summed E-state index contributed by atoms with van der Waals surface area (Å²) in [5, 5.41) is 6.52. The van der Waals surface area contributed by atoms with Crippen molar-refractivity contribution in [3.05, 3.63) is 62.9 Å². The first kappa shape index (κ1) is 15.1. The Balaban J connectivity index is 2.53. The molecule has 0 unspecified atom stereocenters. The molecule has 0 saturated carbocycles. The van der Waals surface area contributed by atoms with Gasteiger partial charge in [0.1, 0.15) is 10.9 Å². The van der Waals surface area contributed by atoms with Crippen molar-refractivity contribution in [2.75, 3.05) is 0 Å². The molecule has 0 amide bonds. The quantitative estimate of drug-likeness (QED) is 0.917. The molecule has 0 atom stereocenters. The van der Waals surface area contributed by atoms with Gasteiger partial charge in [0.15, 0.2) is 0 Å². The molecule has 0 saturated heterocycles. The summed E-state index contributed by atoms with van der Waals surface area (Å²) < 4.78 is 5.72. The lowest BCUT2D eigenvalue weighted by atomic mass is 10.1. The van der Waals surface area contributed by atoms with Crippen molar-refractivity contribution in [1.29, 1.82) is 0 Å². The fraction of sp³-hybridized carbons (Fsp3) is 0.125. The van der Waals surface area contributed by atoms with Gasteiger partial charge in [-0.25, -0.2) is 0 Å². The molecular formula is C16H15ClN2O2. The van der Waals surface area contributed by atoms with Gasteiger partial charge in [0.05, 0.1) is 0 Å². The van der Waals surface area contributed by atoms with Crippen LogP contribution in [0.5, 0.6) is 11.6 Å². The molecule has 0 radical (unpaired) electrons. The zero-order valence-electron chi connectivity index (χ0n) is 11.8. The summed E-state index contributed by atoms with van der Waals surface area (Å²) in [6, 6.07) is 6.98. The van der Waals surface area contributed by atoms with Crippen LogP contribution in [0, 0.1) is 0 Å². The topological polar surface area (TPSA) is 55.0 Å². The minimum absolute atomic E-state index is 0.0397. The number of benzene rings is 1. The lowest BCUT2D eigenvalue weighted by molar-refractivity contribution is 0.448. The van der Waals surface area contributed by atoms with Gasteiger partial charge in [-0.15, -0.1) is 5.10 Å². The summed E-state index contributed by atoms with van der Waals surface area (Å²) in [5.74, 6) is 0.538. The molecule has 0 aliphatic rings. The van der Waals surface area contributed by atoms with Gasteiger partial charge in [0.2, 0.25) is 5.43 Å². The average Bonchev–Trinajstić information content (AvgIpc) is 2.45. The van der Waals surface area contributed by atoms with Crippen LogP contribution in [0.15, 0.2) is 41.2 Å². The summed E-state index contributed by atoms with van der Waals surface area (Å²) >= 11 is 5.69. The van der Waals surface area contributed by atoms with Crippen molar-refractivity contribution in [2.45, 2.75) is 13.8 Å². The van der Waals surface area contributed by atoms with E-state index in [-0.39, 0.29) is 16.5 Å². The average molecular weight is 303 g/mol. The van der Waals surface area contributed by atoms with Crippen molar-refractivity contribution in [1.82, 2.24) is 10.2 Å². The highest BCUT2D eigenvalue weighted by Gasteiger charge is 2.11. The normalized spacial score (nSPS) is 11.4. The van der Waals surface area contributed by atoms with Gasteiger partial charge in [0, 0.05) is 17.2 Å². The Morgan fingerprint density at radius 2 is 1.81 bits per heavy atom. The summed E-state index contributed by atoms with van der Waals surface area (Å²) in [6.45, 7) is 3.83. The van der Waals surface area contributed by atoms with Crippen LogP contribution in [0.3, 0.4) is 0 Å².